The molecule has 0 unspecified atom stereocenters. The predicted molar refractivity (Wildman–Crippen MR) is 74.0 cm³/mol. The van der Waals surface area contributed by atoms with Crippen molar-refractivity contribution in [3.05, 3.63) is 36.2 Å². The Morgan fingerprint density at radius 2 is 2.10 bits per heavy atom. The number of para-hydroxylation sites is 1. The number of carbonyl (C=O) groups excluding carboxylic acids is 1. The van der Waals surface area contributed by atoms with Gasteiger partial charge in [-0.3, -0.25) is 0 Å². The zero-order valence-electron chi connectivity index (χ0n) is 11.0. The zero-order chi connectivity index (χ0) is 14.8. The zero-order valence-corrected chi connectivity index (χ0v) is 11.0. The number of H-pyrrole nitrogens is 1. The number of aromatic amines is 1. The van der Waals surface area contributed by atoms with Gasteiger partial charge in [0.1, 0.15) is 16.8 Å². The van der Waals surface area contributed by atoms with Crippen molar-refractivity contribution in [2.24, 2.45) is 0 Å². The van der Waals surface area contributed by atoms with E-state index in [0.29, 0.717) is 16.9 Å². The highest BCUT2D eigenvalue weighted by Gasteiger charge is 2.17. The van der Waals surface area contributed by atoms with Gasteiger partial charge >= 0.3 is 12.0 Å². The Morgan fingerprint density at radius 1 is 1.29 bits per heavy atom. The summed E-state index contributed by atoms with van der Waals surface area (Å²) in [6.45, 7) is 0. The van der Waals surface area contributed by atoms with Crippen LogP contribution in [0.4, 0.5) is 5.82 Å². The molecule has 3 aromatic rings. The van der Waals surface area contributed by atoms with E-state index >= 15 is 0 Å². The summed E-state index contributed by atoms with van der Waals surface area (Å²) in [5, 5.41) is 0. The fourth-order valence-corrected chi connectivity index (χ4v) is 1.83. The van der Waals surface area contributed by atoms with Crippen LogP contribution in [0.25, 0.3) is 11.2 Å². The fraction of sp³-hybridized carbons (Fsp3) is 0.0769. The molecule has 21 heavy (non-hydrogen) atoms. The van der Waals surface area contributed by atoms with E-state index in [1.54, 1.807) is 24.3 Å². The molecule has 3 rings (SSSR count). The van der Waals surface area contributed by atoms with Crippen LogP contribution in [0.5, 0.6) is 11.8 Å². The molecule has 0 fully saturated rings. The van der Waals surface area contributed by atoms with Crippen molar-refractivity contribution < 1.29 is 14.3 Å². The van der Waals surface area contributed by atoms with Crippen LogP contribution in [0.15, 0.2) is 30.6 Å². The standard InChI is InChI=1S/C13H11N5O3/c1-20-8-5-3-2-4-7(8)12(19)21-13-17-10(14)9-11(18-13)16-6-15-9/h2-6H,1H3,(H3,14,15,16,17,18). The van der Waals surface area contributed by atoms with Crippen LogP contribution in [0.1, 0.15) is 10.4 Å². The fourth-order valence-electron chi connectivity index (χ4n) is 1.83. The number of hydrogen-bond donors (Lipinski definition) is 2. The Labute approximate surface area is 118 Å². The molecule has 0 radical (unpaired) electrons. The van der Waals surface area contributed by atoms with Crippen LogP contribution in [-0.4, -0.2) is 33.0 Å². The molecule has 1 aromatic carbocycles. The molecule has 0 saturated heterocycles. The SMILES string of the molecule is COc1ccccc1C(=O)Oc1nc(N)c2[nH]cnc2n1. The molecule has 0 spiro atoms. The van der Waals surface area contributed by atoms with Crippen molar-refractivity contribution in [2.45, 2.75) is 0 Å². The Kier molecular flexibility index (Phi) is 3.11. The molecular formula is C13H11N5O3. The minimum Gasteiger partial charge on any atom is -0.496 e. The Balaban J connectivity index is 1.92. The Morgan fingerprint density at radius 3 is 2.90 bits per heavy atom. The number of nitrogens with one attached hydrogen (secondary N) is 1. The highest BCUT2D eigenvalue weighted by molar-refractivity contribution is 5.94. The van der Waals surface area contributed by atoms with Crippen molar-refractivity contribution in [3.8, 4) is 11.8 Å². The number of nitrogens with two attached hydrogens (primary N) is 1. The van der Waals surface area contributed by atoms with E-state index in [-0.39, 0.29) is 17.4 Å². The monoisotopic (exact) mass is 285 g/mol. The van der Waals surface area contributed by atoms with E-state index in [1.807, 2.05) is 0 Å². The van der Waals surface area contributed by atoms with E-state index in [2.05, 4.69) is 19.9 Å². The maximum atomic E-state index is 12.1. The van der Waals surface area contributed by atoms with E-state index in [0.717, 1.165) is 0 Å². The van der Waals surface area contributed by atoms with E-state index in [4.69, 9.17) is 15.2 Å². The third-order valence-corrected chi connectivity index (χ3v) is 2.80. The molecular weight excluding hydrogens is 274 g/mol. The maximum absolute atomic E-state index is 12.1. The van der Waals surface area contributed by atoms with Gasteiger partial charge in [0, 0.05) is 0 Å². The molecule has 3 N–H and O–H groups in total. The second kappa shape index (κ2) is 5.08. The number of nitrogen functional groups attached to an aromatic ring is 1. The summed E-state index contributed by atoms with van der Waals surface area (Å²) in [5.74, 6) is -0.0848. The van der Waals surface area contributed by atoms with Crippen molar-refractivity contribution in [1.82, 2.24) is 19.9 Å². The molecule has 0 aliphatic carbocycles. The second-order valence-corrected chi connectivity index (χ2v) is 4.08. The van der Waals surface area contributed by atoms with Gasteiger partial charge in [-0.05, 0) is 12.1 Å². The van der Waals surface area contributed by atoms with Crippen LogP contribution in [0, 0.1) is 0 Å². The summed E-state index contributed by atoms with van der Waals surface area (Å²) in [6, 6.07) is 6.52. The number of anilines is 1. The summed E-state index contributed by atoms with van der Waals surface area (Å²) < 4.78 is 10.2. The summed E-state index contributed by atoms with van der Waals surface area (Å²) in [5.41, 5.74) is 6.82. The minimum atomic E-state index is -0.637. The summed E-state index contributed by atoms with van der Waals surface area (Å²) in [4.78, 5) is 26.8. The number of ether oxygens (including phenoxy) is 2. The second-order valence-electron chi connectivity index (χ2n) is 4.08. The lowest BCUT2D eigenvalue weighted by Gasteiger charge is -2.07. The molecule has 0 aliphatic rings. The van der Waals surface area contributed by atoms with Crippen LogP contribution < -0.4 is 15.2 Å². The lowest BCUT2D eigenvalue weighted by molar-refractivity contribution is 0.0717. The third kappa shape index (κ3) is 2.34. The number of hydrogen-bond acceptors (Lipinski definition) is 7. The smallest absolute Gasteiger partial charge is 0.349 e. The number of nitrogens with zero attached hydrogens (tertiary/aromatic N) is 3. The van der Waals surface area contributed by atoms with Gasteiger partial charge in [-0.25, -0.2) is 9.78 Å². The van der Waals surface area contributed by atoms with Gasteiger partial charge in [0.05, 0.1) is 13.4 Å². The first-order valence-corrected chi connectivity index (χ1v) is 6.01. The van der Waals surface area contributed by atoms with E-state index in [1.165, 1.54) is 13.4 Å². The van der Waals surface area contributed by atoms with Crippen molar-refractivity contribution in [2.75, 3.05) is 12.8 Å². The first kappa shape index (κ1) is 12.9. The van der Waals surface area contributed by atoms with Gasteiger partial charge in [0.15, 0.2) is 11.5 Å². The number of rotatable bonds is 3. The number of imidazole rings is 1. The van der Waals surface area contributed by atoms with Crippen LogP contribution in [0.3, 0.4) is 0 Å². The molecule has 106 valence electrons. The Bertz CT molecular complexity index is 814. The topological polar surface area (TPSA) is 116 Å². The van der Waals surface area contributed by atoms with Crippen molar-refractivity contribution in [3.63, 3.8) is 0 Å². The molecule has 8 nitrogen and oxygen atoms in total. The highest BCUT2D eigenvalue weighted by atomic mass is 16.6. The van der Waals surface area contributed by atoms with Gasteiger partial charge in [0.25, 0.3) is 0 Å². The van der Waals surface area contributed by atoms with Crippen LogP contribution in [0.2, 0.25) is 0 Å². The average molecular weight is 285 g/mol. The van der Waals surface area contributed by atoms with E-state index < -0.39 is 5.97 Å². The molecule has 0 bridgehead atoms. The molecule has 0 atom stereocenters. The van der Waals surface area contributed by atoms with Crippen molar-refractivity contribution in [1.29, 1.82) is 0 Å². The summed E-state index contributed by atoms with van der Waals surface area (Å²) in [7, 11) is 1.47. The molecule has 0 aliphatic heterocycles. The number of methoxy groups -OCH3 is 1. The molecule has 0 amide bonds. The lowest BCUT2D eigenvalue weighted by Crippen LogP contribution is -2.12. The normalized spacial score (nSPS) is 10.5. The number of esters is 1. The molecule has 2 heterocycles. The molecule has 0 saturated carbocycles. The number of fused-ring (bicyclic) bond motifs is 1. The highest BCUT2D eigenvalue weighted by Crippen LogP contribution is 2.21. The number of aromatic nitrogens is 4. The van der Waals surface area contributed by atoms with Gasteiger partial charge < -0.3 is 20.2 Å². The first-order valence-electron chi connectivity index (χ1n) is 6.01. The summed E-state index contributed by atoms with van der Waals surface area (Å²) >= 11 is 0. The van der Waals surface area contributed by atoms with Crippen LogP contribution >= 0.6 is 0 Å². The van der Waals surface area contributed by atoms with Crippen molar-refractivity contribution >= 4 is 23.0 Å². The third-order valence-electron chi connectivity index (χ3n) is 2.80. The Hall–Kier alpha value is -3.16. The first-order chi connectivity index (χ1) is 10.2. The number of carbonyl (C=O) groups is 1. The van der Waals surface area contributed by atoms with Gasteiger partial charge in [-0.15, -0.1) is 0 Å². The lowest BCUT2D eigenvalue weighted by atomic mass is 10.2. The molecule has 2 aromatic heterocycles. The number of benzene rings is 1. The minimum absolute atomic E-state index is 0.153. The average Bonchev–Trinajstić information content (AvgIpc) is 2.96. The van der Waals surface area contributed by atoms with Gasteiger partial charge in [-0.1, -0.05) is 12.1 Å². The maximum Gasteiger partial charge on any atom is 0.349 e. The summed E-state index contributed by atoms with van der Waals surface area (Å²) in [6.07, 6.45) is 1.43. The predicted octanol–water partition coefficient (Wildman–Crippen LogP) is 1.16. The quantitative estimate of drug-likeness (QED) is 0.693. The van der Waals surface area contributed by atoms with E-state index in [9.17, 15) is 4.79 Å². The van der Waals surface area contributed by atoms with Gasteiger partial charge in [-0.2, -0.15) is 9.97 Å². The van der Waals surface area contributed by atoms with Gasteiger partial charge in [0.2, 0.25) is 0 Å². The van der Waals surface area contributed by atoms with Crippen LogP contribution in [-0.2, 0) is 0 Å². The largest absolute Gasteiger partial charge is 0.496 e. The molecule has 8 heteroatoms.